The molecule has 0 fully saturated rings. The Morgan fingerprint density at radius 2 is 1.67 bits per heavy atom. The molecule has 0 rings (SSSR count). The van der Waals surface area contributed by atoms with Gasteiger partial charge in [0.15, 0.2) is 0 Å². The molecule has 134 valence electrons. The van der Waals surface area contributed by atoms with Crippen molar-refractivity contribution in [3.63, 3.8) is 0 Å². The molecule has 0 spiro atoms. The van der Waals surface area contributed by atoms with E-state index in [1.807, 2.05) is 5.32 Å². The summed E-state index contributed by atoms with van der Waals surface area (Å²) >= 11 is 0. The zero-order chi connectivity index (χ0) is 18.7. The molecule has 0 bridgehead atoms. The predicted octanol–water partition coefficient (Wildman–Crippen LogP) is -2.37. The van der Waals surface area contributed by atoms with Crippen LogP contribution in [0, 0.1) is 0 Å². The van der Waals surface area contributed by atoms with E-state index in [0.29, 0.717) is 0 Å². The van der Waals surface area contributed by atoms with Gasteiger partial charge in [0.05, 0.1) is 13.0 Å². The Labute approximate surface area is 136 Å². The molecular formula is C13H19N3O8. The first kappa shape index (κ1) is 21.0. The van der Waals surface area contributed by atoms with Gasteiger partial charge in [-0.25, -0.2) is 4.79 Å². The van der Waals surface area contributed by atoms with Crippen molar-refractivity contribution >= 4 is 35.9 Å². The molecule has 0 aromatic carbocycles. The van der Waals surface area contributed by atoms with Gasteiger partial charge in [-0.2, -0.15) is 0 Å². The topological polar surface area (TPSA) is 179 Å². The predicted molar refractivity (Wildman–Crippen MR) is 77.7 cm³/mol. The summed E-state index contributed by atoms with van der Waals surface area (Å²) in [5.41, 5.74) is 0. The second kappa shape index (κ2) is 10.7. The normalized spacial score (nSPS) is 12.4. The number of carboxylic acids is 2. The average Bonchev–Trinajstić information content (AvgIpc) is 2.47. The lowest BCUT2D eigenvalue weighted by Crippen LogP contribution is -2.53. The third-order valence-electron chi connectivity index (χ3n) is 2.78. The van der Waals surface area contributed by atoms with Crippen molar-refractivity contribution < 1.29 is 39.0 Å². The Balaban J connectivity index is 4.90. The number of ketones is 1. The summed E-state index contributed by atoms with van der Waals surface area (Å²) in [4.78, 5) is 66.3. The van der Waals surface area contributed by atoms with Crippen molar-refractivity contribution in [1.29, 1.82) is 0 Å². The molecule has 0 aliphatic rings. The van der Waals surface area contributed by atoms with Crippen LogP contribution in [0.1, 0.15) is 26.2 Å². The minimum atomic E-state index is -1.53. The Bertz CT molecular complexity index is 519. The first-order valence-corrected chi connectivity index (χ1v) is 6.88. The number of carbonyl (C=O) groups excluding carboxylic acids is 4. The molecule has 0 saturated heterocycles. The van der Waals surface area contributed by atoms with Crippen LogP contribution in [0.25, 0.3) is 0 Å². The molecule has 0 aliphatic carbocycles. The van der Waals surface area contributed by atoms with Crippen LogP contribution in [0.3, 0.4) is 0 Å². The van der Waals surface area contributed by atoms with Crippen LogP contribution in [-0.4, -0.2) is 64.8 Å². The molecule has 5 N–H and O–H groups in total. The van der Waals surface area contributed by atoms with E-state index in [4.69, 9.17) is 10.2 Å². The van der Waals surface area contributed by atoms with Gasteiger partial charge in [0.25, 0.3) is 0 Å². The number of Topliss-reactive ketones (excluding diaryl/α,β-unsaturated/α-hetero) is 1. The molecule has 0 aromatic heterocycles. The van der Waals surface area contributed by atoms with Gasteiger partial charge in [0.2, 0.25) is 18.2 Å². The first-order valence-electron chi connectivity index (χ1n) is 6.88. The molecule has 11 heteroatoms. The lowest BCUT2D eigenvalue weighted by Gasteiger charge is -2.20. The molecule has 11 nitrogen and oxygen atoms in total. The summed E-state index contributed by atoms with van der Waals surface area (Å²) in [5, 5.41) is 24.0. The fourth-order valence-electron chi connectivity index (χ4n) is 1.64. The van der Waals surface area contributed by atoms with Crippen molar-refractivity contribution in [3.05, 3.63) is 0 Å². The Kier molecular flexibility index (Phi) is 9.37. The average molecular weight is 345 g/mol. The zero-order valence-corrected chi connectivity index (χ0v) is 12.9. The van der Waals surface area contributed by atoms with E-state index in [1.165, 1.54) is 6.92 Å². The Hall–Kier alpha value is -2.98. The van der Waals surface area contributed by atoms with Gasteiger partial charge in [0.1, 0.15) is 17.9 Å². The largest absolute Gasteiger partial charge is 0.481 e. The quantitative estimate of drug-likeness (QED) is 0.243. The molecule has 0 radical (unpaired) electrons. The summed E-state index contributed by atoms with van der Waals surface area (Å²) in [7, 11) is 0. The number of hydrogen-bond acceptors (Lipinski definition) is 6. The summed E-state index contributed by atoms with van der Waals surface area (Å²) in [6.07, 6.45) is -0.793. The van der Waals surface area contributed by atoms with Crippen molar-refractivity contribution in [2.45, 2.75) is 38.3 Å². The maximum absolute atomic E-state index is 12.0. The molecular weight excluding hydrogens is 326 g/mol. The number of rotatable bonds is 12. The SMILES string of the molecule is CC(=O)CC[C@H](NC(=O)[C@H](CC(=O)O)NC(=O)CNC=O)C(=O)O. The van der Waals surface area contributed by atoms with Crippen LogP contribution >= 0.6 is 0 Å². The molecule has 0 saturated carbocycles. The highest BCUT2D eigenvalue weighted by Gasteiger charge is 2.28. The summed E-state index contributed by atoms with van der Waals surface area (Å²) in [6, 6.07) is -2.93. The maximum atomic E-state index is 12.0. The van der Waals surface area contributed by atoms with Crippen molar-refractivity contribution in [3.8, 4) is 0 Å². The molecule has 24 heavy (non-hydrogen) atoms. The van der Waals surface area contributed by atoms with Gasteiger partial charge in [0, 0.05) is 6.42 Å². The van der Waals surface area contributed by atoms with Crippen LogP contribution in [0.5, 0.6) is 0 Å². The third-order valence-corrected chi connectivity index (χ3v) is 2.78. The molecule has 0 aromatic rings. The van der Waals surface area contributed by atoms with Gasteiger partial charge < -0.3 is 31.0 Å². The van der Waals surface area contributed by atoms with Gasteiger partial charge in [-0.3, -0.25) is 19.2 Å². The molecule has 0 aliphatic heterocycles. The summed E-state index contributed by atoms with van der Waals surface area (Å²) < 4.78 is 0. The summed E-state index contributed by atoms with van der Waals surface area (Å²) in [6.45, 7) is 0.786. The van der Waals surface area contributed by atoms with Crippen molar-refractivity contribution in [1.82, 2.24) is 16.0 Å². The minimum absolute atomic E-state index is 0.0868. The number of nitrogens with one attached hydrogen (secondary N) is 3. The Morgan fingerprint density at radius 1 is 1.04 bits per heavy atom. The zero-order valence-electron chi connectivity index (χ0n) is 12.9. The van der Waals surface area contributed by atoms with Crippen molar-refractivity contribution in [2.75, 3.05) is 6.54 Å². The van der Waals surface area contributed by atoms with E-state index >= 15 is 0 Å². The lowest BCUT2D eigenvalue weighted by atomic mass is 10.1. The van der Waals surface area contributed by atoms with Crippen LogP contribution in [0.15, 0.2) is 0 Å². The van der Waals surface area contributed by atoms with E-state index in [2.05, 4.69) is 10.6 Å². The molecule has 2 atom stereocenters. The van der Waals surface area contributed by atoms with E-state index < -0.39 is 48.8 Å². The highest BCUT2D eigenvalue weighted by atomic mass is 16.4. The van der Waals surface area contributed by atoms with Gasteiger partial charge in [-0.15, -0.1) is 0 Å². The number of hydrogen-bond donors (Lipinski definition) is 5. The van der Waals surface area contributed by atoms with Crippen LogP contribution in [-0.2, 0) is 28.8 Å². The van der Waals surface area contributed by atoms with Crippen LogP contribution in [0.2, 0.25) is 0 Å². The molecule has 0 heterocycles. The number of aliphatic carboxylic acids is 2. The second-order valence-corrected chi connectivity index (χ2v) is 4.86. The van der Waals surface area contributed by atoms with E-state index in [0.717, 1.165) is 0 Å². The third kappa shape index (κ3) is 9.12. The molecule has 0 unspecified atom stereocenters. The van der Waals surface area contributed by atoms with E-state index in [9.17, 15) is 28.8 Å². The number of carboxylic acid groups (broad SMARTS) is 2. The van der Waals surface area contributed by atoms with E-state index in [-0.39, 0.29) is 25.0 Å². The number of carbonyl (C=O) groups is 6. The summed E-state index contributed by atoms with van der Waals surface area (Å²) in [5.74, 6) is -4.90. The number of amides is 3. The lowest BCUT2D eigenvalue weighted by molar-refractivity contribution is -0.143. The van der Waals surface area contributed by atoms with Gasteiger partial charge in [-0.1, -0.05) is 0 Å². The maximum Gasteiger partial charge on any atom is 0.326 e. The smallest absolute Gasteiger partial charge is 0.326 e. The van der Waals surface area contributed by atoms with Crippen LogP contribution in [0.4, 0.5) is 0 Å². The van der Waals surface area contributed by atoms with Crippen LogP contribution < -0.4 is 16.0 Å². The van der Waals surface area contributed by atoms with Crippen molar-refractivity contribution in [2.24, 2.45) is 0 Å². The van der Waals surface area contributed by atoms with Gasteiger partial charge >= 0.3 is 11.9 Å². The van der Waals surface area contributed by atoms with Gasteiger partial charge in [-0.05, 0) is 13.3 Å². The Morgan fingerprint density at radius 3 is 2.12 bits per heavy atom. The highest BCUT2D eigenvalue weighted by molar-refractivity contribution is 5.93. The fraction of sp³-hybridized carbons (Fsp3) is 0.538. The van der Waals surface area contributed by atoms with E-state index in [1.54, 1.807) is 0 Å². The highest BCUT2D eigenvalue weighted by Crippen LogP contribution is 2.01. The molecule has 3 amide bonds. The minimum Gasteiger partial charge on any atom is -0.481 e. The second-order valence-electron chi connectivity index (χ2n) is 4.86. The first-order chi connectivity index (χ1) is 11.2. The monoisotopic (exact) mass is 345 g/mol. The standard InChI is InChI=1S/C13H19N3O8/c1-7(18)2-3-8(13(23)24)16-12(22)9(4-11(20)21)15-10(19)5-14-6-17/h6,8-9H,2-5H2,1H3,(H,14,17)(H,15,19)(H,16,22)(H,20,21)(H,23,24)/t8-,9-/m0/s1. The fourth-order valence-corrected chi connectivity index (χ4v) is 1.64.